The van der Waals surface area contributed by atoms with Gasteiger partial charge in [0.05, 0.1) is 5.39 Å². The second-order valence-electron chi connectivity index (χ2n) is 3.00. The van der Waals surface area contributed by atoms with Crippen LogP contribution in [-0.4, -0.2) is 9.97 Å². The Morgan fingerprint density at radius 1 is 1.24 bits per heavy atom. The first-order valence-corrected chi connectivity index (χ1v) is 6.53. The molecule has 0 bridgehead atoms. The average Bonchev–Trinajstić information content (AvgIpc) is 2.28. The molecule has 1 heterocycles. The summed E-state index contributed by atoms with van der Waals surface area (Å²) < 4.78 is 14.2. The molecule has 0 aliphatic carbocycles. The van der Waals surface area contributed by atoms with E-state index in [1.165, 1.54) is 6.07 Å². The quantitative estimate of drug-likeness (QED) is 0.488. The number of aryl methyl sites for hydroxylation is 1. The lowest BCUT2D eigenvalue weighted by atomic mass is 10.1. The number of fused-ring (bicyclic) bond motifs is 1. The van der Waals surface area contributed by atoms with Crippen LogP contribution in [0.5, 0.6) is 0 Å². The maximum Gasteiger partial charge on any atom is 0.224 e. The van der Waals surface area contributed by atoms with Crippen LogP contribution >= 0.6 is 39.1 Å². The summed E-state index contributed by atoms with van der Waals surface area (Å²) in [5.74, 6) is -0.461. The van der Waals surface area contributed by atoms with E-state index in [1.54, 1.807) is 6.92 Å². The third-order valence-corrected chi connectivity index (χ3v) is 3.44. The number of rotatable bonds is 0. The molecule has 2 aromatic rings. The smallest absolute Gasteiger partial charge is 0.215 e. The molecular weight excluding hydrogens is 330 g/mol. The summed E-state index contributed by atoms with van der Waals surface area (Å²) in [6, 6.07) is 1.37. The highest BCUT2D eigenvalue weighted by Crippen LogP contribution is 2.33. The Balaban J connectivity index is 0.000000686. The number of halogens is 4. The lowest BCUT2D eigenvalue weighted by Crippen LogP contribution is -1.93. The molecule has 2 nitrogen and oxygen atoms in total. The Hall–Kier alpha value is -0.450. The van der Waals surface area contributed by atoms with Crippen LogP contribution in [0.25, 0.3) is 10.9 Å². The number of hydrogen-bond donors (Lipinski definition) is 0. The zero-order chi connectivity index (χ0) is 13.2. The molecule has 92 valence electrons. The number of benzene rings is 1. The molecule has 0 N–H and O–H groups in total. The van der Waals surface area contributed by atoms with Crippen molar-refractivity contribution in [2.45, 2.75) is 20.8 Å². The fraction of sp³-hybridized carbons (Fsp3) is 0.273. The first-order valence-electron chi connectivity index (χ1n) is 4.98. The van der Waals surface area contributed by atoms with Gasteiger partial charge in [0.1, 0.15) is 16.5 Å². The fourth-order valence-electron chi connectivity index (χ4n) is 1.29. The van der Waals surface area contributed by atoms with Crippen molar-refractivity contribution in [3.8, 4) is 0 Å². The first-order chi connectivity index (χ1) is 8.00. The van der Waals surface area contributed by atoms with E-state index in [0.717, 1.165) is 5.56 Å². The summed E-state index contributed by atoms with van der Waals surface area (Å²) in [6.45, 7) is 5.76. The highest BCUT2D eigenvalue weighted by molar-refractivity contribution is 9.10. The van der Waals surface area contributed by atoms with Crippen molar-refractivity contribution in [3.05, 3.63) is 32.4 Å². The van der Waals surface area contributed by atoms with Crippen molar-refractivity contribution >= 4 is 50.0 Å². The van der Waals surface area contributed by atoms with Crippen molar-refractivity contribution in [2.24, 2.45) is 0 Å². The van der Waals surface area contributed by atoms with Gasteiger partial charge in [-0.25, -0.2) is 14.4 Å². The molecule has 0 spiro atoms. The molecule has 6 heteroatoms. The molecule has 0 fully saturated rings. The fourth-order valence-corrected chi connectivity index (χ4v) is 2.37. The summed E-state index contributed by atoms with van der Waals surface area (Å²) in [5.41, 5.74) is 0.852. The highest BCUT2D eigenvalue weighted by Gasteiger charge is 2.14. The normalized spacial score (nSPS) is 10.1. The predicted octanol–water partition coefficient (Wildman–Crippen LogP) is 5.17. The van der Waals surface area contributed by atoms with Crippen LogP contribution in [0.4, 0.5) is 4.39 Å². The second-order valence-corrected chi connectivity index (χ2v) is 4.49. The minimum atomic E-state index is -0.461. The van der Waals surface area contributed by atoms with E-state index < -0.39 is 5.82 Å². The molecule has 0 aliphatic rings. The average molecular weight is 340 g/mol. The standard InChI is InChI=1S/C9H4BrCl2FN2.C2H6/c1-3-2-4(13)7-5(6(3)10)8(11)15-9(12)14-7;1-2/h2H,1H3;1-2H3. The molecule has 0 saturated heterocycles. The van der Waals surface area contributed by atoms with E-state index in [4.69, 9.17) is 23.2 Å². The largest absolute Gasteiger partial charge is 0.224 e. The van der Waals surface area contributed by atoms with E-state index in [0.29, 0.717) is 9.86 Å². The van der Waals surface area contributed by atoms with E-state index >= 15 is 0 Å². The molecule has 1 aromatic carbocycles. The lowest BCUT2D eigenvalue weighted by molar-refractivity contribution is 0.635. The van der Waals surface area contributed by atoms with E-state index in [9.17, 15) is 4.39 Å². The van der Waals surface area contributed by atoms with Gasteiger partial charge >= 0.3 is 0 Å². The number of nitrogens with zero attached hydrogens (tertiary/aromatic N) is 2. The summed E-state index contributed by atoms with van der Waals surface area (Å²) in [7, 11) is 0. The predicted molar refractivity (Wildman–Crippen MR) is 73.3 cm³/mol. The van der Waals surface area contributed by atoms with Crippen molar-refractivity contribution in [3.63, 3.8) is 0 Å². The summed E-state index contributed by atoms with van der Waals surface area (Å²) in [6.07, 6.45) is 0. The van der Waals surface area contributed by atoms with Crippen LogP contribution in [-0.2, 0) is 0 Å². The maximum absolute atomic E-state index is 13.6. The third-order valence-electron chi connectivity index (χ3n) is 1.97. The van der Waals surface area contributed by atoms with Crippen molar-refractivity contribution in [1.29, 1.82) is 0 Å². The molecule has 0 unspecified atom stereocenters. The zero-order valence-corrected chi connectivity index (χ0v) is 12.6. The van der Waals surface area contributed by atoms with Gasteiger partial charge < -0.3 is 0 Å². The molecule has 17 heavy (non-hydrogen) atoms. The van der Waals surface area contributed by atoms with Crippen LogP contribution in [0.1, 0.15) is 19.4 Å². The monoisotopic (exact) mass is 338 g/mol. The second kappa shape index (κ2) is 5.94. The summed E-state index contributed by atoms with van der Waals surface area (Å²) in [5, 5.41) is 0.514. The Morgan fingerprint density at radius 3 is 2.41 bits per heavy atom. The SMILES string of the molecule is CC.Cc1cc(F)c2nc(Cl)nc(Cl)c2c1Br. The molecule has 0 radical (unpaired) electrons. The Bertz CT molecular complexity index is 561. The van der Waals surface area contributed by atoms with Gasteiger partial charge in [-0.15, -0.1) is 0 Å². The van der Waals surface area contributed by atoms with Crippen LogP contribution in [0, 0.1) is 12.7 Å². The van der Waals surface area contributed by atoms with Gasteiger partial charge in [-0.05, 0) is 46.1 Å². The van der Waals surface area contributed by atoms with Gasteiger partial charge in [-0.2, -0.15) is 0 Å². The third kappa shape index (κ3) is 2.87. The minimum Gasteiger partial charge on any atom is -0.215 e. The topological polar surface area (TPSA) is 25.8 Å². The molecule has 0 amide bonds. The summed E-state index contributed by atoms with van der Waals surface area (Å²) >= 11 is 14.8. The highest BCUT2D eigenvalue weighted by atomic mass is 79.9. The molecule has 2 rings (SSSR count). The molecule has 0 atom stereocenters. The minimum absolute atomic E-state index is 0.0675. The Kier molecular flexibility index (Phi) is 5.10. The molecular formula is C11H10BrCl2FN2. The first kappa shape index (κ1) is 14.6. The van der Waals surface area contributed by atoms with Gasteiger partial charge in [0.15, 0.2) is 0 Å². The maximum atomic E-state index is 13.6. The van der Waals surface area contributed by atoms with Gasteiger partial charge in [0, 0.05) is 4.47 Å². The van der Waals surface area contributed by atoms with E-state index in [1.807, 2.05) is 13.8 Å². The van der Waals surface area contributed by atoms with Gasteiger partial charge in [0.2, 0.25) is 5.28 Å². The number of hydrogen-bond acceptors (Lipinski definition) is 2. The van der Waals surface area contributed by atoms with E-state index in [-0.39, 0.29) is 16.0 Å². The zero-order valence-electron chi connectivity index (χ0n) is 9.48. The van der Waals surface area contributed by atoms with Gasteiger partial charge in [-0.3, -0.25) is 0 Å². The van der Waals surface area contributed by atoms with Crippen molar-refractivity contribution in [2.75, 3.05) is 0 Å². The lowest BCUT2D eigenvalue weighted by Gasteiger charge is -2.06. The molecule has 0 aliphatic heterocycles. The molecule has 0 saturated carbocycles. The van der Waals surface area contributed by atoms with Crippen LogP contribution in [0.2, 0.25) is 10.4 Å². The van der Waals surface area contributed by atoms with Crippen LogP contribution in [0.15, 0.2) is 10.5 Å². The van der Waals surface area contributed by atoms with Crippen LogP contribution in [0.3, 0.4) is 0 Å². The van der Waals surface area contributed by atoms with Crippen LogP contribution < -0.4 is 0 Å². The van der Waals surface area contributed by atoms with Crippen molar-refractivity contribution in [1.82, 2.24) is 9.97 Å². The molecule has 1 aromatic heterocycles. The Labute approximate surface area is 117 Å². The van der Waals surface area contributed by atoms with Gasteiger partial charge in [-0.1, -0.05) is 25.4 Å². The van der Waals surface area contributed by atoms with Gasteiger partial charge in [0.25, 0.3) is 0 Å². The Morgan fingerprint density at radius 2 is 1.82 bits per heavy atom. The van der Waals surface area contributed by atoms with Crippen molar-refractivity contribution < 1.29 is 4.39 Å². The number of aromatic nitrogens is 2. The van der Waals surface area contributed by atoms with E-state index in [2.05, 4.69) is 25.9 Å². The summed E-state index contributed by atoms with van der Waals surface area (Å²) in [4.78, 5) is 7.57.